The van der Waals surface area contributed by atoms with Crippen molar-refractivity contribution in [3.63, 3.8) is 0 Å². The van der Waals surface area contributed by atoms with Gasteiger partial charge in [0.25, 0.3) is 11.8 Å². The number of quaternary nitrogens is 1. The highest BCUT2D eigenvalue weighted by Crippen LogP contribution is 2.49. The molecule has 0 unspecified atom stereocenters. The molecule has 12 aliphatic rings. The Bertz CT molecular complexity index is 3180. The molecule has 2 aliphatic carbocycles. The third-order valence-electron chi connectivity index (χ3n) is 16.6. The van der Waals surface area contributed by atoms with Crippen LogP contribution in [0.3, 0.4) is 0 Å². The Balaban J connectivity index is 1.20. The van der Waals surface area contributed by atoms with E-state index in [9.17, 15) is 19.5 Å². The lowest BCUT2D eigenvalue weighted by molar-refractivity contribution is -0.671. The molecule has 2 fully saturated rings. The summed E-state index contributed by atoms with van der Waals surface area (Å²) in [5, 5.41) is 22.5. The molecule has 9 heteroatoms. The van der Waals surface area contributed by atoms with E-state index in [1.165, 1.54) is 28.7 Å². The standard InChI is InChI=1S/C64H73N5O4/c1-37-23-50-24-38(2)54(37)65-58(70)45-31-46(34-49(33-45)62(9,10)11)59(71)66-55-39(3)25-51(26-40(55)4)64(21-17-14-18-22-64)53-29-43(7)57(44(8)30-53)68-61(73)48-32-47(35-69(12)36-48)60(72)67-56-41(5)27-52(28-42(56)6)63(50)19-15-13-16-20-63/h23-36H,13-22H2,1-12H3,(H3-,65,66,67,68,70,71,72,73)/p+1. The SMILES string of the molecule is Cc1cc2cc(C)c1N=C([O-])c1cc(c[n+](C)c1)C(=O)Nc1c(C)cc(cc1C)C1(CCCCC1)c1cc(C)c(c(C)c1)[NH2+]C(=O)c1cc(cc(C(C)(C)C)c1)C(=O)Nc1c(C)cc(cc1C)C21CCCCC1. The normalized spacial score (nSPS) is 17.1. The van der Waals surface area contributed by atoms with Crippen LogP contribution < -0.4 is 25.6 Å². The number of pyridine rings is 1. The summed E-state index contributed by atoms with van der Waals surface area (Å²) in [7, 11) is 1.82. The molecule has 0 radical (unpaired) electrons. The fourth-order valence-electron chi connectivity index (χ4n) is 12.6. The Morgan fingerprint density at radius 3 is 1.34 bits per heavy atom. The van der Waals surface area contributed by atoms with Crippen LogP contribution in [-0.4, -0.2) is 23.6 Å². The second-order valence-electron chi connectivity index (χ2n) is 23.1. The molecular formula is C64H74N5O4+. The predicted octanol–water partition coefficient (Wildman–Crippen LogP) is 12.1. The Hall–Kier alpha value is -6.71. The van der Waals surface area contributed by atoms with E-state index in [0.29, 0.717) is 27.9 Å². The van der Waals surface area contributed by atoms with Crippen molar-refractivity contribution in [3.05, 3.63) is 180 Å². The third kappa shape index (κ3) is 9.81. The van der Waals surface area contributed by atoms with Crippen molar-refractivity contribution >= 4 is 46.4 Å². The van der Waals surface area contributed by atoms with Crippen molar-refractivity contribution in [2.45, 2.75) is 157 Å². The molecule has 9 nitrogen and oxygen atoms in total. The minimum Gasteiger partial charge on any atom is -0.858 e. The topological polar surface area (TPSA) is 131 Å². The third-order valence-corrected chi connectivity index (χ3v) is 16.6. The number of anilines is 2. The summed E-state index contributed by atoms with van der Waals surface area (Å²) in [5.74, 6) is -1.11. The minimum absolute atomic E-state index is 0.143. The molecule has 0 saturated heterocycles. The van der Waals surface area contributed by atoms with Gasteiger partial charge in [0.05, 0.1) is 16.8 Å². The zero-order chi connectivity index (χ0) is 52.3. The summed E-state index contributed by atoms with van der Waals surface area (Å²) in [5.41, 5.74) is 17.3. The monoisotopic (exact) mass is 977 g/mol. The molecule has 18 rings (SSSR count). The maximum absolute atomic E-state index is 14.6. The number of aromatic nitrogens is 1. The lowest BCUT2D eigenvalue weighted by atomic mass is 9.64. The lowest BCUT2D eigenvalue weighted by Crippen LogP contribution is -2.82. The minimum atomic E-state index is -0.412. The van der Waals surface area contributed by atoms with Gasteiger partial charge in [-0.15, -0.1) is 0 Å². The van der Waals surface area contributed by atoms with Crippen LogP contribution in [0.4, 0.5) is 22.7 Å². The number of nitrogens with one attached hydrogen (secondary N) is 2. The maximum Gasteiger partial charge on any atom is 0.347 e. The van der Waals surface area contributed by atoms with Gasteiger partial charge in [0.1, 0.15) is 18.3 Å². The first-order valence-corrected chi connectivity index (χ1v) is 26.5. The van der Waals surface area contributed by atoms with Crippen molar-refractivity contribution in [1.82, 2.24) is 0 Å². The van der Waals surface area contributed by atoms with E-state index >= 15 is 0 Å². The molecule has 0 atom stereocenters. The van der Waals surface area contributed by atoms with Crippen LogP contribution >= 0.6 is 0 Å². The average Bonchev–Trinajstić information content (AvgIpc) is 3.34. The molecule has 2 saturated carbocycles. The number of hydrogen-bond acceptors (Lipinski definition) is 5. The number of rotatable bonds is 0. The van der Waals surface area contributed by atoms with E-state index in [1.54, 1.807) is 34.4 Å². The largest absolute Gasteiger partial charge is 0.858 e. The number of nitrogens with zero attached hydrogens (tertiary/aromatic N) is 2. The van der Waals surface area contributed by atoms with Crippen molar-refractivity contribution in [1.29, 1.82) is 0 Å². The second kappa shape index (κ2) is 19.6. The van der Waals surface area contributed by atoms with Crippen LogP contribution in [-0.2, 0) is 23.3 Å². The van der Waals surface area contributed by atoms with Gasteiger partial charge in [-0.3, -0.25) is 14.6 Å². The number of carbonyl (C=O) groups excluding carboxylic acids is 3. The van der Waals surface area contributed by atoms with Crippen LogP contribution in [0.15, 0.2) is 90.2 Å². The van der Waals surface area contributed by atoms with E-state index in [0.717, 1.165) is 125 Å². The molecule has 5 aromatic carbocycles. The summed E-state index contributed by atoms with van der Waals surface area (Å²) >= 11 is 0. The van der Waals surface area contributed by atoms with Crippen molar-refractivity contribution in [2.24, 2.45) is 12.0 Å². The van der Waals surface area contributed by atoms with Gasteiger partial charge in [-0.25, -0.2) is 14.7 Å². The van der Waals surface area contributed by atoms with Crippen LogP contribution in [0, 0.1) is 55.4 Å². The van der Waals surface area contributed by atoms with Crippen molar-refractivity contribution in [2.75, 3.05) is 10.6 Å². The van der Waals surface area contributed by atoms with Gasteiger partial charge in [-0.2, -0.15) is 0 Å². The predicted molar refractivity (Wildman–Crippen MR) is 292 cm³/mol. The van der Waals surface area contributed by atoms with E-state index in [1.807, 2.05) is 33.0 Å². The first kappa shape index (κ1) is 51.2. The summed E-state index contributed by atoms with van der Waals surface area (Å²) in [6.45, 7) is 22.8. The molecule has 3 amide bonds. The second-order valence-corrected chi connectivity index (χ2v) is 23.1. The van der Waals surface area contributed by atoms with Crippen molar-refractivity contribution < 1.29 is 29.4 Å². The van der Waals surface area contributed by atoms with Crippen molar-refractivity contribution in [3.8, 4) is 0 Å². The van der Waals surface area contributed by atoms with Gasteiger partial charge in [0.2, 0.25) is 0 Å². The van der Waals surface area contributed by atoms with Gasteiger partial charge in [0.15, 0.2) is 12.4 Å². The number of aryl methyl sites for hydroxylation is 9. The number of nitrogens with two attached hydrogens (primary N) is 1. The smallest absolute Gasteiger partial charge is 0.347 e. The summed E-state index contributed by atoms with van der Waals surface area (Å²) in [6.07, 6.45) is 14.1. The molecule has 1 aromatic heterocycles. The summed E-state index contributed by atoms with van der Waals surface area (Å²) in [6, 6.07) is 25.2. The highest BCUT2D eigenvalue weighted by molar-refractivity contribution is 6.07. The van der Waals surface area contributed by atoms with E-state index in [2.05, 4.69) is 121 Å². The molecule has 2 spiro atoms. The first-order chi connectivity index (χ1) is 34.6. The fraction of sp³-hybridized carbons (Fsp3) is 0.391. The van der Waals surface area contributed by atoms with Gasteiger partial charge >= 0.3 is 5.91 Å². The average molecular weight is 977 g/mol. The molecule has 12 bridgehead atoms. The van der Waals surface area contributed by atoms with Crippen LogP contribution in [0.2, 0.25) is 0 Å². The molecular weight excluding hydrogens is 903 g/mol. The molecule has 378 valence electrons. The molecule has 6 aromatic rings. The summed E-state index contributed by atoms with van der Waals surface area (Å²) in [4.78, 5) is 48.1. The van der Waals surface area contributed by atoms with E-state index < -0.39 is 5.90 Å². The van der Waals surface area contributed by atoms with E-state index in [-0.39, 0.29) is 34.0 Å². The number of benzene rings is 5. The van der Waals surface area contributed by atoms with E-state index in [4.69, 9.17) is 4.99 Å². The Morgan fingerprint density at radius 2 is 0.890 bits per heavy atom. The molecule has 11 heterocycles. The lowest BCUT2D eigenvalue weighted by Gasteiger charge is -2.40. The van der Waals surface area contributed by atoms with Crippen LogP contribution in [0.5, 0.6) is 0 Å². The Labute approximate surface area is 433 Å². The van der Waals surface area contributed by atoms with Gasteiger partial charge < -0.3 is 15.7 Å². The fourth-order valence-corrected chi connectivity index (χ4v) is 12.6. The van der Waals surface area contributed by atoms with Gasteiger partial charge in [-0.1, -0.05) is 95.7 Å². The maximum atomic E-state index is 14.6. The Kier molecular flexibility index (Phi) is 13.8. The highest BCUT2D eigenvalue weighted by atomic mass is 16.3. The number of primary amides is 1. The quantitative estimate of drug-likeness (QED) is 0.103. The zero-order valence-corrected chi connectivity index (χ0v) is 45.3. The molecule has 73 heavy (non-hydrogen) atoms. The van der Waals surface area contributed by atoms with Gasteiger partial charge in [0, 0.05) is 44.8 Å². The highest BCUT2D eigenvalue weighted by Gasteiger charge is 2.39. The molecule has 4 N–H and O–H groups in total. The number of hydrogen-bond donors (Lipinski definition) is 3. The first-order valence-electron chi connectivity index (χ1n) is 26.5. The van der Waals surface area contributed by atoms with Crippen LogP contribution in [0.1, 0.15) is 194 Å². The summed E-state index contributed by atoms with van der Waals surface area (Å²) < 4.78 is 1.75. The van der Waals surface area contributed by atoms with Crippen LogP contribution in [0.25, 0.3) is 0 Å². The Morgan fingerprint density at radius 1 is 0.507 bits per heavy atom. The van der Waals surface area contributed by atoms with Gasteiger partial charge in [-0.05, 0) is 184 Å². The number of carbonyl (C=O) groups is 3. The number of amides is 3. The number of aliphatic imine (C=N–C) groups is 1. The molecule has 10 aliphatic heterocycles. The zero-order valence-electron chi connectivity index (χ0n) is 45.3.